The van der Waals surface area contributed by atoms with E-state index in [1.54, 1.807) is 35.2 Å². The lowest BCUT2D eigenvalue weighted by Crippen LogP contribution is -2.30. The third-order valence-electron chi connectivity index (χ3n) is 4.78. The number of hydrogen-bond donors (Lipinski definition) is 2. The Bertz CT molecular complexity index is 981. The van der Waals surface area contributed by atoms with Gasteiger partial charge < -0.3 is 24.4 Å². The molecule has 10 heteroatoms. The summed E-state index contributed by atoms with van der Waals surface area (Å²) in [4.78, 5) is 12.4. The zero-order valence-corrected chi connectivity index (χ0v) is 14.6. The Labute approximate surface area is 158 Å². The lowest BCUT2D eigenvalue weighted by Gasteiger charge is -2.20. The van der Waals surface area contributed by atoms with Crippen molar-refractivity contribution in [1.29, 1.82) is 0 Å². The van der Waals surface area contributed by atoms with E-state index in [-0.39, 0.29) is 17.5 Å². The maximum atomic E-state index is 9.71. The Morgan fingerprint density at radius 1 is 1.04 bits per heavy atom. The molecule has 2 N–H and O–H groups in total. The number of halogens is 1. The van der Waals surface area contributed by atoms with Crippen molar-refractivity contribution in [2.45, 2.75) is 30.8 Å². The number of rotatable bonds is 3. The van der Waals surface area contributed by atoms with E-state index in [9.17, 15) is 10.2 Å². The highest BCUT2D eigenvalue weighted by atomic mass is 35.5. The van der Waals surface area contributed by atoms with Crippen molar-refractivity contribution in [3.05, 3.63) is 47.6 Å². The summed E-state index contributed by atoms with van der Waals surface area (Å²) in [5.41, 5.74) is 1.73. The first-order valence-electron chi connectivity index (χ1n) is 8.35. The van der Waals surface area contributed by atoms with Gasteiger partial charge in [-0.05, 0) is 12.1 Å². The molecule has 0 radical (unpaired) electrons. The summed E-state index contributed by atoms with van der Waals surface area (Å²) < 4.78 is 19.8. The molecule has 0 bridgehead atoms. The first-order valence-corrected chi connectivity index (χ1v) is 8.72. The van der Waals surface area contributed by atoms with Crippen LogP contribution in [0.15, 0.2) is 36.9 Å². The fourth-order valence-electron chi connectivity index (χ4n) is 3.50. The Hall–Kier alpha value is -2.30. The van der Waals surface area contributed by atoms with Crippen molar-refractivity contribution in [2.24, 2.45) is 0 Å². The predicted molar refractivity (Wildman–Crippen MR) is 91.9 cm³/mol. The van der Waals surface area contributed by atoms with Crippen molar-refractivity contribution >= 4 is 22.8 Å². The van der Waals surface area contributed by atoms with Crippen LogP contribution in [0, 0.1) is 0 Å². The predicted octanol–water partition coefficient (Wildman–Crippen LogP) is 1.56. The Kier molecular flexibility index (Phi) is 3.99. The van der Waals surface area contributed by atoms with Crippen molar-refractivity contribution in [3.8, 4) is 5.75 Å². The summed E-state index contributed by atoms with van der Waals surface area (Å²) in [6, 6.07) is 6.58. The Balaban J connectivity index is 1.49. The molecule has 0 aliphatic carbocycles. The number of ether oxygens (including phenoxy) is 3. The maximum absolute atomic E-state index is 9.71. The monoisotopic (exact) mass is 390 g/mol. The molecule has 3 aromatic rings. The van der Waals surface area contributed by atoms with Crippen LogP contribution in [0.3, 0.4) is 0 Å². The second-order valence-electron chi connectivity index (χ2n) is 6.36. The number of fused-ring (bicyclic) bond motifs is 2. The molecule has 2 aromatic heterocycles. The van der Waals surface area contributed by atoms with E-state index in [2.05, 4.69) is 15.0 Å². The minimum atomic E-state index is -0.631. The highest BCUT2D eigenvalue weighted by Crippen LogP contribution is 2.44. The molecule has 9 nitrogen and oxygen atoms in total. The number of imidazole rings is 1. The third kappa shape index (κ3) is 2.67. The molecule has 0 spiro atoms. The minimum Gasteiger partial charge on any atom is -0.508 e. The number of phenolic OH excluding ortho intramolecular Hbond substituents is 1. The summed E-state index contributed by atoms with van der Waals surface area (Å²) in [5.74, 6) is 0.160. The molecule has 0 saturated carbocycles. The fourth-order valence-corrected chi connectivity index (χ4v) is 3.68. The molecule has 1 aromatic carbocycles. The van der Waals surface area contributed by atoms with Crippen LogP contribution < -0.4 is 0 Å². The quantitative estimate of drug-likeness (QED) is 0.648. The van der Waals surface area contributed by atoms with Crippen LogP contribution in [0.2, 0.25) is 5.15 Å². The third-order valence-corrected chi connectivity index (χ3v) is 5.06. The summed E-state index contributed by atoms with van der Waals surface area (Å²) in [6.07, 6.45) is 0.186. The van der Waals surface area contributed by atoms with E-state index in [0.29, 0.717) is 11.2 Å². The van der Waals surface area contributed by atoms with Gasteiger partial charge in [-0.2, -0.15) is 0 Å². The molecular weight excluding hydrogens is 376 g/mol. The maximum Gasteiger partial charge on any atom is 0.185 e. The molecule has 4 heterocycles. The van der Waals surface area contributed by atoms with Crippen LogP contribution in [-0.2, 0) is 14.2 Å². The number of phenols is 1. The van der Waals surface area contributed by atoms with Crippen molar-refractivity contribution in [2.75, 3.05) is 6.61 Å². The summed E-state index contributed by atoms with van der Waals surface area (Å²) in [5, 5.41) is 19.4. The van der Waals surface area contributed by atoms with Gasteiger partial charge in [0.2, 0.25) is 0 Å². The van der Waals surface area contributed by atoms with Gasteiger partial charge in [-0.15, -0.1) is 0 Å². The lowest BCUT2D eigenvalue weighted by molar-refractivity contribution is -0.153. The molecule has 2 fully saturated rings. The van der Waals surface area contributed by atoms with E-state index in [0.717, 1.165) is 5.56 Å². The minimum absolute atomic E-state index is 0.160. The number of aromatic nitrogens is 4. The van der Waals surface area contributed by atoms with E-state index in [1.807, 2.05) is 0 Å². The average Bonchev–Trinajstić information content (AvgIpc) is 3.36. The lowest BCUT2D eigenvalue weighted by atomic mass is 10.1. The SMILES string of the molecule is OC[C@H]1OC(n2cnc3c(Cl)ncnc32)[C@@H]2OC(c3ccc(O)cc3)O[C@H]12. The average molecular weight is 391 g/mol. The molecule has 140 valence electrons. The van der Waals surface area contributed by atoms with Crippen LogP contribution >= 0.6 is 11.6 Å². The Morgan fingerprint density at radius 3 is 2.59 bits per heavy atom. The van der Waals surface area contributed by atoms with E-state index < -0.39 is 30.8 Å². The Morgan fingerprint density at radius 2 is 1.81 bits per heavy atom. The molecule has 5 atom stereocenters. The highest BCUT2D eigenvalue weighted by molar-refractivity contribution is 6.33. The van der Waals surface area contributed by atoms with Crippen LogP contribution in [0.1, 0.15) is 18.1 Å². The normalized spacial score (nSPS) is 30.1. The molecule has 2 unspecified atom stereocenters. The molecule has 5 rings (SSSR count). The van der Waals surface area contributed by atoms with Gasteiger partial charge in [-0.25, -0.2) is 15.0 Å². The fraction of sp³-hybridized carbons (Fsp3) is 0.353. The van der Waals surface area contributed by atoms with Crippen molar-refractivity contribution in [3.63, 3.8) is 0 Å². The number of nitrogens with zero attached hydrogens (tertiary/aromatic N) is 4. The molecule has 2 aliphatic rings. The zero-order valence-electron chi connectivity index (χ0n) is 13.8. The van der Waals surface area contributed by atoms with Gasteiger partial charge in [-0.3, -0.25) is 4.57 Å². The van der Waals surface area contributed by atoms with Crippen LogP contribution in [-0.4, -0.2) is 54.7 Å². The van der Waals surface area contributed by atoms with Gasteiger partial charge in [0, 0.05) is 5.56 Å². The number of aromatic hydroxyl groups is 1. The molecule has 2 saturated heterocycles. The number of aliphatic hydroxyl groups excluding tert-OH is 1. The van der Waals surface area contributed by atoms with E-state index >= 15 is 0 Å². The molecule has 0 amide bonds. The van der Waals surface area contributed by atoms with Gasteiger partial charge in [0.05, 0.1) is 12.9 Å². The van der Waals surface area contributed by atoms with Crippen molar-refractivity contribution < 1.29 is 24.4 Å². The summed E-state index contributed by atoms with van der Waals surface area (Å²) in [6.45, 7) is -0.217. The van der Waals surface area contributed by atoms with Gasteiger partial charge in [0.1, 0.15) is 35.9 Å². The van der Waals surface area contributed by atoms with Gasteiger partial charge in [-0.1, -0.05) is 23.7 Å². The summed E-state index contributed by atoms with van der Waals surface area (Å²) in [7, 11) is 0. The number of aliphatic hydroxyl groups is 1. The highest BCUT2D eigenvalue weighted by Gasteiger charge is 2.53. The number of hydrogen-bond acceptors (Lipinski definition) is 8. The second-order valence-corrected chi connectivity index (χ2v) is 6.72. The first-order chi connectivity index (χ1) is 13.2. The van der Waals surface area contributed by atoms with E-state index in [1.165, 1.54) is 6.33 Å². The van der Waals surface area contributed by atoms with Gasteiger partial charge in [0.25, 0.3) is 0 Å². The molecular formula is C17H15ClN4O5. The van der Waals surface area contributed by atoms with Crippen LogP contribution in [0.5, 0.6) is 5.75 Å². The van der Waals surface area contributed by atoms with Crippen LogP contribution in [0.25, 0.3) is 11.2 Å². The van der Waals surface area contributed by atoms with E-state index in [4.69, 9.17) is 25.8 Å². The zero-order chi connectivity index (χ0) is 18.5. The second kappa shape index (κ2) is 6.39. The molecule has 2 aliphatic heterocycles. The smallest absolute Gasteiger partial charge is 0.185 e. The summed E-state index contributed by atoms with van der Waals surface area (Å²) >= 11 is 6.08. The number of benzene rings is 1. The van der Waals surface area contributed by atoms with Crippen molar-refractivity contribution in [1.82, 2.24) is 19.5 Å². The first kappa shape index (κ1) is 16.8. The van der Waals surface area contributed by atoms with Gasteiger partial charge in [0.15, 0.2) is 23.3 Å². The van der Waals surface area contributed by atoms with Crippen LogP contribution in [0.4, 0.5) is 0 Å². The largest absolute Gasteiger partial charge is 0.508 e. The standard InChI is InChI=1S/C17H15ClN4O5/c18-14-11-15(20-6-19-14)22(7-21-11)16-13-12(10(5-23)25-16)26-17(27-13)8-1-3-9(24)4-2-8/h1-4,6-7,10,12-13,16-17,23-24H,5H2/t10-,12-,13-,16?,17?/m1/s1. The topological polar surface area (TPSA) is 112 Å². The van der Waals surface area contributed by atoms with Gasteiger partial charge >= 0.3 is 0 Å². The molecule has 27 heavy (non-hydrogen) atoms.